The molecule has 1 fully saturated rings. The molecule has 1 unspecified atom stereocenters. The molecule has 1 aromatic heterocycles. The SMILES string of the molecule is NC(=O)C1CN([C@@H](c2ccc(Cl)cc2)c2coc(C(F)(F)F)n2)C(=O)O1. The average Bonchev–Trinajstić information content (AvgIpc) is 3.17. The smallest absolute Gasteiger partial charge is 0.441 e. The maximum Gasteiger partial charge on any atom is 0.468 e. The van der Waals surface area contributed by atoms with Crippen molar-refractivity contribution in [1.29, 1.82) is 0 Å². The standard InChI is InChI=1S/C15H11ClF3N3O4/c16-8-3-1-7(2-4-8)11(9-6-25-13(21-9)15(17,18)19)22-5-10(12(20)23)26-14(22)24/h1-4,6,10-11H,5H2,(H2,20,23)/t10?,11-/m0/s1. The van der Waals surface area contributed by atoms with Gasteiger partial charge in [-0.1, -0.05) is 23.7 Å². The lowest BCUT2D eigenvalue weighted by Gasteiger charge is -2.24. The highest BCUT2D eigenvalue weighted by Gasteiger charge is 2.43. The van der Waals surface area contributed by atoms with E-state index in [1.54, 1.807) is 0 Å². The van der Waals surface area contributed by atoms with E-state index in [2.05, 4.69) is 9.40 Å². The van der Waals surface area contributed by atoms with Gasteiger partial charge in [-0.15, -0.1) is 0 Å². The first-order valence-electron chi connectivity index (χ1n) is 7.21. The largest absolute Gasteiger partial charge is 0.468 e. The monoisotopic (exact) mass is 389 g/mol. The fraction of sp³-hybridized carbons (Fsp3) is 0.267. The average molecular weight is 390 g/mol. The highest BCUT2D eigenvalue weighted by molar-refractivity contribution is 6.30. The minimum absolute atomic E-state index is 0.179. The van der Waals surface area contributed by atoms with Crippen LogP contribution in [0.3, 0.4) is 0 Å². The second-order valence-corrected chi connectivity index (χ2v) is 5.89. The molecule has 0 spiro atoms. The molecule has 1 aromatic carbocycles. The molecule has 1 saturated heterocycles. The van der Waals surface area contributed by atoms with Gasteiger partial charge in [0.2, 0.25) is 0 Å². The fourth-order valence-corrected chi connectivity index (χ4v) is 2.66. The second kappa shape index (κ2) is 6.52. The summed E-state index contributed by atoms with van der Waals surface area (Å²) in [6, 6.07) is 4.95. The predicted molar refractivity (Wildman–Crippen MR) is 81.0 cm³/mol. The van der Waals surface area contributed by atoms with Gasteiger partial charge in [-0.25, -0.2) is 9.78 Å². The van der Waals surface area contributed by atoms with Crippen LogP contribution in [0.5, 0.6) is 0 Å². The zero-order chi connectivity index (χ0) is 19.1. The zero-order valence-electron chi connectivity index (χ0n) is 12.9. The highest BCUT2D eigenvalue weighted by Crippen LogP contribution is 2.35. The lowest BCUT2D eigenvalue weighted by Crippen LogP contribution is -2.35. The number of hydrogen-bond acceptors (Lipinski definition) is 5. The minimum Gasteiger partial charge on any atom is -0.441 e. The fourth-order valence-electron chi connectivity index (χ4n) is 2.54. The summed E-state index contributed by atoms with van der Waals surface area (Å²) in [5.74, 6) is -2.32. The molecule has 138 valence electrons. The molecule has 0 aliphatic carbocycles. The molecule has 7 nitrogen and oxygen atoms in total. The van der Waals surface area contributed by atoms with Crippen LogP contribution in [0.15, 0.2) is 34.9 Å². The van der Waals surface area contributed by atoms with Crippen molar-refractivity contribution < 1.29 is 31.9 Å². The lowest BCUT2D eigenvalue weighted by atomic mass is 10.0. The molecule has 2 amide bonds. The van der Waals surface area contributed by atoms with E-state index < -0.39 is 36.2 Å². The number of nitrogens with zero attached hydrogens (tertiary/aromatic N) is 2. The maximum absolute atomic E-state index is 12.8. The first kappa shape index (κ1) is 18.1. The lowest BCUT2D eigenvalue weighted by molar-refractivity contribution is -0.157. The number of aromatic nitrogens is 1. The Hall–Kier alpha value is -2.75. The number of hydrogen-bond donors (Lipinski definition) is 1. The number of carbonyl (C=O) groups is 2. The summed E-state index contributed by atoms with van der Waals surface area (Å²) >= 11 is 5.83. The molecular weight excluding hydrogens is 379 g/mol. The third-order valence-electron chi connectivity index (χ3n) is 3.70. The molecule has 0 bridgehead atoms. The number of oxazole rings is 1. The molecular formula is C15H11ClF3N3O4. The van der Waals surface area contributed by atoms with Crippen molar-refractivity contribution in [2.45, 2.75) is 18.3 Å². The topological polar surface area (TPSA) is 98.7 Å². The number of nitrogens with two attached hydrogens (primary N) is 1. The summed E-state index contributed by atoms with van der Waals surface area (Å²) in [4.78, 5) is 27.9. The first-order chi connectivity index (χ1) is 12.2. The molecule has 26 heavy (non-hydrogen) atoms. The Kier molecular flexibility index (Phi) is 4.53. The number of primary amides is 1. The zero-order valence-corrected chi connectivity index (χ0v) is 13.6. The van der Waals surface area contributed by atoms with Crippen LogP contribution in [-0.2, 0) is 15.7 Å². The van der Waals surface area contributed by atoms with Gasteiger partial charge in [0.25, 0.3) is 5.91 Å². The van der Waals surface area contributed by atoms with Crippen LogP contribution in [-0.4, -0.2) is 34.5 Å². The van der Waals surface area contributed by atoms with Crippen molar-refractivity contribution in [3.8, 4) is 0 Å². The Bertz CT molecular complexity index is 837. The molecule has 3 rings (SSSR count). The van der Waals surface area contributed by atoms with E-state index in [0.29, 0.717) is 10.6 Å². The molecule has 0 radical (unpaired) electrons. The van der Waals surface area contributed by atoms with Crippen molar-refractivity contribution >= 4 is 23.6 Å². The van der Waals surface area contributed by atoms with Crippen LogP contribution < -0.4 is 5.73 Å². The Labute approximate surface area is 149 Å². The summed E-state index contributed by atoms with van der Waals surface area (Å²) in [6.45, 7) is -0.240. The maximum atomic E-state index is 12.8. The van der Waals surface area contributed by atoms with Crippen LogP contribution in [0.1, 0.15) is 23.2 Å². The van der Waals surface area contributed by atoms with E-state index >= 15 is 0 Å². The van der Waals surface area contributed by atoms with Crippen LogP contribution in [0, 0.1) is 0 Å². The predicted octanol–water partition coefficient (Wildman–Crippen LogP) is 2.74. The highest BCUT2D eigenvalue weighted by atomic mass is 35.5. The number of benzene rings is 1. The number of ether oxygens (including phenoxy) is 1. The molecule has 1 aliphatic heterocycles. The van der Waals surface area contributed by atoms with Crippen molar-refractivity contribution in [2.75, 3.05) is 6.54 Å². The summed E-state index contributed by atoms with van der Waals surface area (Å²) in [5, 5.41) is 0.391. The number of rotatable bonds is 4. The van der Waals surface area contributed by atoms with E-state index in [4.69, 9.17) is 22.1 Å². The molecule has 11 heteroatoms. The van der Waals surface area contributed by atoms with E-state index in [9.17, 15) is 22.8 Å². The minimum atomic E-state index is -4.79. The number of amides is 2. The number of halogens is 4. The number of cyclic esters (lactones) is 1. The number of alkyl halides is 3. The summed E-state index contributed by atoms with van der Waals surface area (Å²) in [5.41, 5.74) is 5.36. The van der Waals surface area contributed by atoms with E-state index in [1.807, 2.05) is 0 Å². The first-order valence-corrected chi connectivity index (χ1v) is 7.59. The molecule has 2 heterocycles. The van der Waals surface area contributed by atoms with Gasteiger partial charge in [-0.05, 0) is 17.7 Å². The van der Waals surface area contributed by atoms with Crippen molar-refractivity contribution in [3.05, 3.63) is 52.7 Å². The van der Waals surface area contributed by atoms with Gasteiger partial charge in [0.05, 0.1) is 6.54 Å². The van der Waals surface area contributed by atoms with Gasteiger partial charge in [-0.3, -0.25) is 9.69 Å². The Balaban J connectivity index is 2.03. The third-order valence-corrected chi connectivity index (χ3v) is 3.95. The Morgan fingerprint density at radius 2 is 2.00 bits per heavy atom. The third kappa shape index (κ3) is 3.45. The summed E-state index contributed by atoms with van der Waals surface area (Å²) in [7, 11) is 0. The molecule has 2 N–H and O–H groups in total. The van der Waals surface area contributed by atoms with E-state index in [-0.39, 0.29) is 12.2 Å². The quantitative estimate of drug-likeness (QED) is 0.866. The van der Waals surface area contributed by atoms with Gasteiger partial charge in [-0.2, -0.15) is 13.2 Å². The molecule has 2 atom stereocenters. The normalized spacial score (nSPS) is 18.7. The van der Waals surface area contributed by atoms with Crippen molar-refractivity contribution in [2.24, 2.45) is 5.73 Å². The van der Waals surface area contributed by atoms with Gasteiger partial charge >= 0.3 is 18.2 Å². The van der Waals surface area contributed by atoms with Crippen LogP contribution >= 0.6 is 11.6 Å². The van der Waals surface area contributed by atoms with Crippen LogP contribution in [0.2, 0.25) is 5.02 Å². The van der Waals surface area contributed by atoms with Crippen molar-refractivity contribution in [3.63, 3.8) is 0 Å². The van der Waals surface area contributed by atoms with Crippen LogP contribution in [0.4, 0.5) is 18.0 Å². The molecule has 2 aromatic rings. The summed E-state index contributed by atoms with van der Waals surface area (Å²) < 4.78 is 47.8. The molecule has 0 saturated carbocycles. The van der Waals surface area contributed by atoms with E-state index in [1.165, 1.54) is 24.3 Å². The Morgan fingerprint density at radius 1 is 1.35 bits per heavy atom. The number of carbonyl (C=O) groups excluding carboxylic acids is 2. The second-order valence-electron chi connectivity index (χ2n) is 5.46. The van der Waals surface area contributed by atoms with E-state index in [0.717, 1.165) is 11.2 Å². The van der Waals surface area contributed by atoms with Gasteiger partial charge in [0.15, 0.2) is 6.10 Å². The Morgan fingerprint density at radius 3 is 2.50 bits per heavy atom. The summed E-state index contributed by atoms with van der Waals surface area (Å²) in [6.07, 6.45) is -6.12. The van der Waals surface area contributed by atoms with Gasteiger partial charge in [0.1, 0.15) is 18.0 Å². The van der Waals surface area contributed by atoms with Gasteiger partial charge < -0.3 is 14.9 Å². The van der Waals surface area contributed by atoms with Crippen LogP contribution in [0.25, 0.3) is 0 Å². The van der Waals surface area contributed by atoms with Crippen molar-refractivity contribution in [1.82, 2.24) is 9.88 Å². The molecule has 1 aliphatic rings. The van der Waals surface area contributed by atoms with Gasteiger partial charge in [0, 0.05) is 5.02 Å².